The summed E-state index contributed by atoms with van der Waals surface area (Å²) >= 11 is 6.08. The van der Waals surface area contributed by atoms with Gasteiger partial charge in [0.1, 0.15) is 0 Å². The van der Waals surface area contributed by atoms with Gasteiger partial charge in [0.05, 0.1) is 0 Å². The fourth-order valence-corrected chi connectivity index (χ4v) is 2.66. The summed E-state index contributed by atoms with van der Waals surface area (Å²) in [7, 11) is 1.72. The number of methoxy groups -OCH3 is 1. The summed E-state index contributed by atoms with van der Waals surface area (Å²) in [5, 5.41) is 3.58. The quantitative estimate of drug-likeness (QED) is 0.847. The maximum absolute atomic E-state index is 12.3. The highest BCUT2D eigenvalue weighted by atomic mass is 35.5. The zero-order valence-corrected chi connectivity index (χ0v) is 14.0. The molecule has 2 rings (SSSR count). The van der Waals surface area contributed by atoms with Crippen LogP contribution in [0.15, 0.2) is 18.2 Å². The van der Waals surface area contributed by atoms with E-state index in [-0.39, 0.29) is 6.03 Å². The molecule has 0 saturated carbocycles. The van der Waals surface area contributed by atoms with Gasteiger partial charge in [-0.3, -0.25) is 4.90 Å². The molecule has 1 aliphatic heterocycles. The Kier molecular flexibility index (Phi) is 6.49. The Morgan fingerprint density at radius 3 is 2.68 bits per heavy atom. The van der Waals surface area contributed by atoms with Crippen molar-refractivity contribution in [3.05, 3.63) is 28.8 Å². The third kappa shape index (κ3) is 4.87. The van der Waals surface area contributed by atoms with E-state index in [2.05, 4.69) is 10.2 Å². The fourth-order valence-electron chi connectivity index (χ4n) is 2.48. The van der Waals surface area contributed by atoms with Crippen LogP contribution >= 0.6 is 11.6 Å². The lowest BCUT2D eigenvalue weighted by Gasteiger charge is -2.34. The number of rotatable bonds is 5. The van der Waals surface area contributed by atoms with Crippen molar-refractivity contribution in [1.29, 1.82) is 0 Å². The van der Waals surface area contributed by atoms with Gasteiger partial charge in [-0.1, -0.05) is 17.7 Å². The SMILES string of the molecule is COCCCN1CCN(C(=O)Nc2ccc(C)c(Cl)c2)CC1. The van der Waals surface area contributed by atoms with Gasteiger partial charge in [-0.15, -0.1) is 0 Å². The predicted molar refractivity (Wildman–Crippen MR) is 89.7 cm³/mol. The molecule has 0 aliphatic carbocycles. The lowest BCUT2D eigenvalue weighted by molar-refractivity contribution is 0.130. The van der Waals surface area contributed by atoms with Crippen LogP contribution < -0.4 is 5.32 Å². The maximum atomic E-state index is 12.3. The van der Waals surface area contributed by atoms with Crippen LogP contribution in [-0.4, -0.2) is 62.3 Å². The van der Waals surface area contributed by atoms with Crippen LogP contribution in [0, 0.1) is 6.92 Å². The average Bonchev–Trinajstić information content (AvgIpc) is 2.52. The molecule has 1 aliphatic rings. The van der Waals surface area contributed by atoms with Gasteiger partial charge in [-0.25, -0.2) is 4.79 Å². The Hall–Kier alpha value is -1.30. The molecule has 122 valence electrons. The molecule has 1 N–H and O–H groups in total. The number of urea groups is 1. The highest BCUT2D eigenvalue weighted by Gasteiger charge is 2.20. The number of halogens is 1. The van der Waals surface area contributed by atoms with Crippen LogP contribution in [-0.2, 0) is 4.74 Å². The van der Waals surface area contributed by atoms with Crippen molar-refractivity contribution >= 4 is 23.3 Å². The first kappa shape index (κ1) is 17.1. The average molecular weight is 326 g/mol. The molecule has 5 nitrogen and oxygen atoms in total. The van der Waals surface area contributed by atoms with Gasteiger partial charge in [0.2, 0.25) is 0 Å². The zero-order chi connectivity index (χ0) is 15.9. The molecule has 1 saturated heterocycles. The second-order valence-electron chi connectivity index (χ2n) is 5.57. The minimum atomic E-state index is -0.0588. The lowest BCUT2D eigenvalue weighted by Crippen LogP contribution is -2.50. The molecule has 22 heavy (non-hydrogen) atoms. The summed E-state index contributed by atoms with van der Waals surface area (Å²) in [6.07, 6.45) is 1.03. The minimum absolute atomic E-state index is 0.0588. The topological polar surface area (TPSA) is 44.8 Å². The summed E-state index contributed by atoms with van der Waals surface area (Å²) in [4.78, 5) is 16.5. The summed E-state index contributed by atoms with van der Waals surface area (Å²) < 4.78 is 5.06. The monoisotopic (exact) mass is 325 g/mol. The number of anilines is 1. The molecule has 6 heteroatoms. The normalized spacial score (nSPS) is 15.9. The van der Waals surface area contributed by atoms with Crippen molar-refractivity contribution in [2.24, 2.45) is 0 Å². The van der Waals surface area contributed by atoms with Gasteiger partial charge in [0, 0.05) is 57.2 Å². The molecule has 1 heterocycles. The number of aryl methyl sites for hydroxylation is 1. The molecule has 0 atom stereocenters. The number of benzene rings is 1. The standard InChI is InChI=1S/C16H24ClN3O2/c1-13-4-5-14(12-15(13)17)18-16(21)20-9-7-19(8-10-20)6-3-11-22-2/h4-5,12H,3,6-11H2,1-2H3,(H,18,21). The van der Waals surface area contributed by atoms with Crippen LogP contribution in [0.25, 0.3) is 0 Å². The molecule has 1 aromatic carbocycles. The van der Waals surface area contributed by atoms with Crippen molar-refractivity contribution in [3.63, 3.8) is 0 Å². The molecular weight excluding hydrogens is 302 g/mol. The van der Waals surface area contributed by atoms with E-state index >= 15 is 0 Å². The molecule has 0 bridgehead atoms. The lowest BCUT2D eigenvalue weighted by atomic mass is 10.2. The first-order valence-corrected chi connectivity index (χ1v) is 8.01. The number of nitrogens with zero attached hydrogens (tertiary/aromatic N) is 2. The molecule has 2 amide bonds. The van der Waals surface area contributed by atoms with Crippen LogP contribution in [0.3, 0.4) is 0 Å². The van der Waals surface area contributed by atoms with Crippen molar-refractivity contribution in [3.8, 4) is 0 Å². The highest BCUT2D eigenvalue weighted by molar-refractivity contribution is 6.31. The third-order valence-electron chi connectivity index (χ3n) is 3.91. The molecule has 0 radical (unpaired) electrons. The molecule has 1 fully saturated rings. The second kappa shape index (κ2) is 8.36. The van der Waals surface area contributed by atoms with E-state index in [0.29, 0.717) is 5.02 Å². The third-order valence-corrected chi connectivity index (χ3v) is 4.31. The Morgan fingerprint density at radius 2 is 2.05 bits per heavy atom. The molecule has 1 aromatic rings. The summed E-state index contributed by atoms with van der Waals surface area (Å²) in [6, 6.07) is 5.51. The summed E-state index contributed by atoms with van der Waals surface area (Å²) in [5.74, 6) is 0. The number of amides is 2. The Bertz CT molecular complexity index is 502. The number of hydrogen-bond donors (Lipinski definition) is 1. The van der Waals surface area contributed by atoms with Gasteiger partial charge in [0.25, 0.3) is 0 Å². The number of ether oxygens (including phenoxy) is 1. The van der Waals surface area contributed by atoms with Gasteiger partial charge >= 0.3 is 6.03 Å². The van der Waals surface area contributed by atoms with E-state index in [4.69, 9.17) is 16.3 Å². The first-order valence-electron chi connectivity index (χ1n) is 7.63. The van der Waals surface area contributed by atoms with Crippen LogP contribution in [0.2, 0.25) is 5.02 Å². The van der Waals surface area contributed by atoms with Crippen molar-refractivity contribution < 1.29 is 9.53 Å². The highest BCUT2D eigenvalue weighted by Crippen LogP contribution is 2.20. The fraction of sp³-hybridized carbons (Fsp3) is 0.562. The Labute approximate surface area is 137 Å². The largest absolute Gasteiger partial charge is 0.385 e. The molecule has 0 unspecified atom stereocenters. The van der Waals surface area contributed by atoms with Crippen molar-refractivity contribution in [1.82, 2.24) is 9.80 Å². The maximum Gasteiger partial charge on any atom is 0.321 e. The van der Waals surface area contributed by atoms with Crippen molar-refractivity contribution in [2.45, 2.75) is 13.3 Å². The smallest absolute Gasteiger partial charge is 0.321 e. The van der Waals surface area contributed by atoms with E-state index in [1.54, 1.807) is 13.2 Å². The van der Waals surface area contributed by atoms with Gasteiger partial charge in [-0.2, -0.15) is 0 Å². The van der Waals surface area contributed by atoms with E-state index in [0.717, 1.165) is 57.0 Å². The zero-order valence-electron chi connectivity index (χ0n) is 13.3. The number of piperazine rings is 1. The van der Waals surface area contributed by atoms with E-state index in [9.17, 15) is 4.79 Å². The summed E-state index contributed by atoms with van der Waals surface area (Å²) in [5.41, 5.74) is 1.74. The molecule has 0 spiro atoms. The van der Waals surface area contributed by atoms with E-state index < -0.39 is 0 Å². The summed E-state index contributed by atoms with van der Waals surface area (Å²) in [6.45, 7) is 7.07. The van der Waals surface area contributed by atoms with Crippen LogP contribution in [0.1, 0.15) is 12.0 Å². The van der Waals surface area contributed by atoms with Crippen molar-refractivity contribution in [2.75, 3.05) is 51.8 Å². The second-order valence-corrected chi connectivity index (χ2v) is 5.98. The van der Waals surface area contributed by atoms with E-state index in [1.165, 1.54) is 0 Å². The molecule has 0 aromatic heterocycles. The Morgan fingerprint density at radius 1 is 1.32 bits per heavy atom. The van der Waals surface area contributed by atoms with Crippen LogP contribution in [0.4, 0.5) is 10.5 Å². The van der Waals surface area contributed by atoms with Gasteiger partial charge in [-0.05, 0) is 31.0 Å². The van der Waals surface area contributed by atoms with Gasteiger partial charge in [0.15, 0.2) is 0 Å². The number of carbonyl (C=O) groups is 1. The predicted octanol–water partition coefficient (Wildman–Crippen LogP) is 2.83. The first-order chi connectivity index (χ1) is 10.6. The molecular formula is C16H24ClN3O2. The van der Waals surface area contributed by atoms with Crippen LogP contribution in [0.5, 0.6) is 0 Å². The number of hydrogen-bond acceptors (Lipinski definition) is 3. The minimum Gasteiger partial charge on any atom is -0.385 e. The number of nitrogens with one attached hydrogen (secondary N) is 1. The number of carbonyl (C=O) groups excluding carboxylic acids is 1. The van der Waals surface area contributed by atoms with Gasteiger partial charge < -0.3 is 15.0 Å². The Balaban J connectivity index is 1.78. The van der Waals surface area contributed by atoms with E-state index in [1.807, 2.05) is 24.0 Å².